The predicted molar refractivity (Wildman–Crippen MR) is 223 cm³/mol. The molecule has 3 fully saturated rings. The summed E-state index contributed by atoms with van der Waals surface area (Å²) in [4.78, 5) is 127. The van der Waals surface area contributed by atoms with Gasteiger partial charge in [-0.3, -0.25) is 43.3 Å². The monoisotopic (exact) mass is 878 g/mol. The van der Waals surface area contributed by atoms with Crippen LogP contribution >= 0.6 is 0 Å². The molecule has 348 valence electrons. The number of nitrogens with zero attached hydrogens (tertiary/aromatic N) is 4. The van der Waals surface area contributed by atoms with Crippen molar-refractivity contribution in [3.8, 4) is 0 Å². The Kier molecular flexibility index (Phi) is 19.9. The van der Waals surface area contributed by atoms with Gasteiger partial charge in [0.15, 0.2) is 5.96 Å². The fourth-order valence-corrected chi connectivity index (χ4v) is 7.94. The van der Waals surface area contributed by atoms with E-state index in [2.05, 4.69) is 31.6 Å². The average Bonchev–Trinajstić information content (AvgIpc) is 4.03. The summed E-state index contributed by atoms with van der Waals surface area (Å²) in [5.41, 5.74) is 15.9. The lowest BCUT2D eigenvalue weighted by Gasteiger charge is -2.34. The van der Waals surface area contributed by atoms with Crippen molar-refractivity contribution >= 4 is 59.5 Å². The van der Waals surface area contributed by atoms with Crippen LogP contribution < -0.4 is 43.8 Å². The van der Waals surface area contributed by atoms with E-state index < -0.39 is 115 Å². The minimum atomic E-state index is -1.59. The van der Waals surface area contributed by atoms with E-state index in [-0.39, 0.29) is 57.3 Å². The lowest BCUT2D eigenvalue weighted by Crippen LogP contribution is -2.61. The second kappa shape index (κ2) is 24.3. The number of aliphatic hydroxyl groups is 2. The van der Waals surface area contributed by atoms with E-state index in [0.29, 0.717) is 44.8 Å². The van der Waals surface area contributed by atoms with E-state index in [9.17, 15) is 53.4 Å². The van der Waals surface area contributed by atoms with Gasteiger partial charge in [0, 0.05) is 26.2 Å². The highest BCUT2D eigenvalue weighted by Gasteiger charge is 2.45. The molecule has 0 aromatic heterocycles. The van der Waals surface area contributed by atoms with Crippen molar-refractivity contribution < 1.29 is 53.4 Å². The molecule has 3 aliphatic heterocycles. The predicted octanol–water partition coefficient (Wildman–Crippen LogP) is -4.97. The third-order valence-corrected chi connectivity index (χ3v) is 11.1. The summed E-state index contributed by atoms with van der Waals surface area (Å²) in [6.07, 6.45) is 2.56. The molecule has 8 amide bonds. The third-order valence-electron chi connectivity index (χ3n) is 11.1. The van der Waals surface area contributed by atoms with E-state index in [1.807, 2.05) is 13.8 Å². The molecule has 0 radical (unpaired) electrons. The highest BCUT2D eigenvalue weighted by molar-refractivity contribution is 5.98. The number of rotatable bonds is 22. The van der Waals surface area contributed by atoms with Gasteiger partial charge in [0.05, 0.1) is 25.3 Å². The summed E-state index contributed by atoms with van der Waals surface area (Å²) < 4.78 is 0. The van der Waals surface area contributed by atoms with Crippen LogP contribution in [0.5, 0.6) is 0 Å². The number of aliphatic hydroxyl groups excluding tert-OH is 2. The third kappa shape index (κ3) is 14.1. The second-order valence-corrected chi connectivity index (χ2v) is 16.4. The van der Waals surface area contributed by atoms with E-state index >= 15 is 0 Å². The van der Waals surface area contributed by atoms with Gasteiger partial charge in [-0.15, -0.1) is 0 Å². The molecule has 0 aromatic carbocycles. The first-order chi connectivity index (χ1) is 29.3. The minimum Gasteiger partial charge on any atom is -0.394 e. The van der Waals surface area contributed by atoms with Crippen molar-refractivity contribution in [3.63, 3.8) is 0 Å². The zero-order chi connectivity index (χ0) is 46.3. The largest absolute Gasteiger partial charge is 0.394 e. The molecule has 23 nitrogen and oxygen atoms in total. The standard InChI is InChI=1S/C39H66N12O11/c1-21(2)17-25(37(61)49-14-6-10-27(49)33(57)45-24(19-52)9-5-13-43-39(41)42)47-34(58)28-11-7-15-50(28)38(62)29-12-8-16-51(29)36(60)22(3)44-35(59)31(23(4)54)48-32(56)26(20-53)46-30(55)18-40/h19,21-29,31,53-54H,5-18,20,40H2,1-4H3,(H,44,59)(H,45,57)(H,46,55)(H,47,58)(H,48,56)(H4,41,42,43)/t22-,23+,24-,25-,26-,27-,28-,29-,31-/m0/s1. The molecule has 0 aliphatic carbocycles. The molecule has 0 spiro atoms. The molecule has 62 heavy (non-hydrogen) atoms. The average molecular weight is 879 g/mol. The number of carbonyl (C=O) groups is 9. The lowest BCUT2D eigenvalue weighted by molar-refractivity contribution is -0.148. The number of hydrogen-bond acceptors (Lipinski definition) is 13. The number of aliphatic imine (C=N–C) groups is 1. The summed E-state index contributed by atoms with van der Waals surface area (Å²) in [5.74, 6) is -5.38. The van der Waals surface area contributed by atoms with Crippen molar-refractivity contribution in [2.24, 2.45) is 28.1 Å². The number of guanidine groups is 1. The molecule has 13 N–H and O–H groups in total. The Morgan fingerprint density at radius 1 is 0.742 bits per heavy atom. The Morgan fingerprint density at radius 3 is 1.85 bits per heavy atom. The van der Waals surface area contributed by atoms with Crippen LogP contribution in [0.1, 0.15) is 85.5 Å². The zero-order valence-electron chi connectivity index (χ0n) is 36.0. The van der Waals surface area contributed by atoms with Crippen molar-refractivity contribution in [1.29, 1.82) is 0 Å². The first-order valence-electron chi connectivity index (χ1n) is 21.3. The molecule has 0 bridgehead atoms. The maximum absolute atomic E-state index is 14.1. The van der Waals surface area contributed by atoms with Gasteiger partial charge in [-0.2, -0.15) is 0 Å². The number of nitrogens with one attached hydrogen (secondary N) is 5. The van der Waals surface area contributed by atoms with Gasteiger partial charge in [0.25, 0.3) is 0 Å². The van der Waals surface area contributed by atoms with Gasteiger partial charge in [0.1, 0.15) is 48.6 Å². The Morgan fingerprint density at radius 2 is 1.31 bits per heavy atom. The van der Waals surface area contributed by atoms with Crippen molar-refractivity contribution in [2.45, 2.75) is 140 Å². The molecule has 0 unspecified atom stereocenters. The molecule has 3 heterocycles. The normalized spacial score (nSPS) is 21.5. The highest BCUT2D eigenvalue weighted by atomic mass is 16.3. The van der Waals surface area contributed by atoms with Gasteiger partial charge in [-0.05, 0) is 77.6 Å². The van der Waals surface area contributed by atoms with Gasteiger partial charge < -0.3 is 73.5 Å². The van der Waals surface area contributed by atoms with Crippen LogP contribution in [0.15, 0.2) is 4.99 Å². The van der Waals surface area contributed by atoms with Crippen LogP contribution in [0, 0.1) is 5.92 Å². The van der Waals surface area contributed by atoms with Crippen LogP contribution in [-0.4, -0.2) is 178 Å². The van der Waals surface area contributed by atoms with E-state index in [1.165, 1.54) is 28.5 Å². The van der Waals surface area contributed by atoms with Gasteiger partial charge in [-0.1, -0.05) is 13.8 Å². The van der Waals surface area contributed by atoms with Crippen LogP contribution in [0.3, 0.4) is 0 Å². The van der Waals surface area contributed by atoms with Crippen LogP contribution in [0.25, 0.3) is 0 Å². The maximum atomic E-state index is 14.1. The van der Waals surface area contributed by atoms with Crippen LogP contribution in [-0.2, 0) is 43.2 Å². The fourth-order valence-electron chi connectivity index (χ4n) is 7.94. The zero-order valence-corrected chi connectivity index (χ0v) is 36.0. The Bertz CT molecular complexity index is 1660. The topological polar surface area (TPSA) is 354 Å². The minimum absolute atomic E-state index is 0.0424. The molecular formula is C39H66N12O11. The summed E-state index contributed by atoms with van der Waals surface area (Å²) >= 11 is 0. The summed E-state index contributed by atoms with van der Waals surface area (Å²) in [6, 6.07) is -8.87. The number of likely N-dealkylation sites (tertiary alicyclic amines) is 3. The number of carbonyl (C=O) groups excluding carboxylic acids is 9. The van der Waals surface area contributed by atoms with Crippen molar-refractivity contribution in [3.05, 3.63) is 0 Å². The highest BCUT2D eigenvalue weighted by Crippen LogP contribution is 2.27. The summed E-state index contributed by atoms with van der Waals surface area (Å²) in [5, 5.41) is 32.3. The number of hydrogen-bond donors (Lipinski definition) is 10. The smallest absolute Gasteiger partial charge is 0.246 e. The molecule has 9 atom stereocenters. The molecule has 0 saturated carbocycles. The molecule has 3 rings (SSSR count). The Hall–Kier alpha value is -5.42. The van der Waals surface area contributed by atoms with E-state index in [0.717, 1.165) is 0 Å². The molecule has 23 heteroatoms. The quantitative estimate of drug-likeness (QED) is 0.0211. The Labute approximate surface area is 361 Å². The van der Waals surface area contributed by atoms with Crippen LogP contribution in [0.4, 0.5) is 0 Å². The van der Waals surface area contributed by atoms with Crippen LogP contribution in [0.2, 0.25) is 0 Å². The SMILES string of the molecule is CC(C)C[C@H](NC(=O)[C@@H]1CCCN1C(=O)[C@@H]1CCCN1C(=O)[C@H](C)NC(=O)[C@@H](NC(=O)[C@H](CO)NC(=O)CN)[C@@H](C)O)C(=O)N1CCC[C@H]1C(=O)N[C@H](C=O)CCCN=C(N)N. The second-order valence-electron chi connectivity index (χ2n) is 16.4. The Balaban J connectivity index is 1.67. The van der Waals surface area contributed by atoms with E-state index in [1.54, 1.807) is 0 Å². The van der Waals surface area contributed by atoms with E-state index in [4.69, 9.17) is 17.2 Å². The van der Waals surface area contributed by atoms with Crippen molar-refractivity contribution in [1.82, 2.24) is 41.3 Å². The van der Waals surface area contributed by atoms with Gasteiger partial charge >= 0.3 is 0 Å². The maximum Gasteiger partial charge on any atom is 0.246 e. The molecule has 0 aromatic rings. The van der Waals surface area contributed by atoms with Crippen molar-refractivity contribution in [2.75, 3.05) is 39.3 Å². The number of nitrogens with two attached hydrogens (primary N) is 3. The summed E-state index contributed by atoms with van der Waals surface area (Å²) in [7, 11) is 0. The first-order valence-corrected chi connectivity index (χ1v) is 21.3. The molecule has 3 saturated heterocycles. The number of aldehydes is 1. The molecular weight excluding hydrogens is 813 g/mol. The number of amides is 8. The fraction of sp³-hybridized carbons (Fsp3) is 0.744. The summed E-state index contributed by atoms with van der Waals surface area (Å²) in [6.45, 7) is 6.03. The van der Waals surface area contributed by atoms with Gasteiger partial charge in [-0.25, -0.2) is 0 Å². The van der Waals surface area contributed by atoms with Gasteiger partial charge in [0.2, 0.25) is 47.3 Å². The first kappa shape index (κ1) is 50.9. The molecule has 3 aliphatic rings. The lowest BCUT2D eigenvalue weighted by atomic mass is 10.0.